The molecule has 0 bridgehead atoms. The van der Waals surface area contributed by atoms with E-state index in [1.165, 1.54) is 12.1 Å². The van der Waals surface area contributed by atoms with E-state index in [4.69, 9.17) is 0 Å². The minimum Gasteiger partial charge on any atom is -0.329 e. The van der Waals surface area contributed by atoms with Crippen molar-refractivity contribution in [3.63, 3.8) is 0 Å². The van der Waals surface area contributed by atoms with Crippen molar-refractivity contribution in [3.8, 4) is 0 Å². The molecule has 1 aliphatic heterocycles. The highest BCUT2D eigenvalue weighted by molar-refractivity contribution is 5.94. The molecule has 1 aliphatic rings. The Morgan fingerprint density at radius 2 is 1.80 bits per heavy atom. The second kappa shape index (κ2) is 8.50. The smallest absolute Gasteiger partial charge is 0.329 e. The minimum atomic E-state index is -5.86. The second-order valence-electron chi connectivity index (χ2n) is 8.13. The summed E-state index contributed by atoms with van der Waals surface area (Å²) in [5.41, 5.74) is 1.51. The standard InChI is InChI=1S/C21H18F6N6O2/c1-10-11(2)17(34)30-28-15(10)8-12-3-4-14(22)13(7-12)18(35)32-5-6-33-16(9-32)29-31-19(33)20(23,24)21(25,26)27/h3-4,7H,5-6,8-9H2,1-2H3,(H,30,34). The molecule has 1 aromatic carbocycles. The fraction of sp³-hybridized carbons (Fsp3) is 0.381. The number of aromatic nitrogens is 5. The van der Waals surface area contributed by atoms with Crippen molar-refractivity contribution in [2.45, 2.75) is 45.5 Å². The molecule has 1 amide bonds. The Hall–Kier alpha value is -3.71. The first-order valence-corrected chi connectivity index (χ1v) is 10.3. The predicted molar refractivity (Wildman–Crippen MR) is 108 cm³/mol. The number of nitrogens with zero attached hydrogens (tertiary/aromatic N) is 5. The van der Waals surface area contributed by atoms with Crippen LogP contribution in [0.4, 0.5) is 26.3 Å². The minimum absolute atomic E-state index is 0.189. The fourth-order valence-corrected chi connectivity index (χ4v) is 3.74. The van der Waals surface area contributed by atoms with Gasteiger partial charge in [0.1, 0.15) is 5.82 Å². The molecule has 1 N–H and O–H groups in total. The first-order valence-electron chi connectivity index (χ1n) is 10.3. The summed E-state index contributed by atoms with van der Waals surface area (Å²) in [4.78, 5) is 25.8. The van der Waals surface area contributed by atoms with Gasteiger partial charge in [-0.25, -0.2) is 9.49 Å². The van der Waals surface area contributed by atoms with Gasteiger partial charge in [-0.1, -0.05) is 6.07 Å². The lowest BCUT2D eigenvalue weighted by Gasteiger charge is -2.29. The van der Waals surface area contributed by atoms with Gasteiger partial charge >= 0.3 is 12.1 Å². The molecule has 0 aliphatic carbocycles. The van der Waals surface area contributed by atoms with Crippen molar-refractivity contribution in [1.82, 2.24) is 29.9 Å². The number of rotatable bonds is 4. The van der Waals surface area contributed by atoms with Gasteiger partial charge in [-0.15, -0.1) is 10.2 Å². The van der Waals surface area contributed by atoms with Gasteiger partial charge in [-0.2, -0.15) is 27.1 Å². The van der Waals surface area contributed by atoms with Gasteiger partial charge in [0, 0.05) is 25.1 Å². The maximum atomic E-state index is 14.5. The van der Waals surface area contributed by atoms with Crippen molar-refractivity contribution >= 4 is 5.91 Å². The maximum absolute atomic E-state index is 14.5. The van der Waals surface area contributed by atoms with Crippen LogP contribution in [-0.2, 0) is 25.4 Å². The molecule has 2 aromatic heterocycles. The van der Waals surface area contributed by atoms with Crippen LogP contribution in [0.5, 0.6) is 0 Å². The van der Waals surface area contributed by atoms with Crippen LogP contribution in [-0.4, -0.2) is 48.5 Å². The Balaban J connectivity index is 1.58. The molecule has 0 radical (unpaired) electrons. The second-order valence-corrected chi connectivity index (χ2v) is 8.13. The third-order valence-corrected chi connectivity index (χ3v) is 5.94. The lowest BCUT2D eigenvalue weighted by atomic mass is 10.0. The number of halogens is 6. The number of carbonyl (C=O) groups excluding carboxylic acids is 1. The number of carbonyl (C=O) groups is 1. The van der Waals surface area contributed by atoms with Gasteiger partial charge in [-0.05, 0) is 37.1 Å². The van der Waals surface area contributed by atoms with Gasteiger partial charge in [0.05, 0.1) is 17.8 Å². The lowest BCUT2D eigenvalue weighted by Crippen LogP contribution is -2.42. The van der Waals surface area contributed by atoms with E-state index in [0.29, 0.717) is 27.0 Å². The highest BCUT2D eigenvalue weighted by Gasteiger charge is 2.62. The topological polar surface area (TPSA) is 96.8 Å². The van der Waals surface area contributed by atoms with E-state index in [1.807, 2.05) is 0 Å². The Kier molecular flexibility index (Phi) is 5.93. The zero-order valence-electron chi connectivity index (χ0n) is 18.4. The van der Waals surface area contributed by atoms with Crippen LogP contribution in [0.3, 0.4) is 0 Å². The van der Waals surface area contributed by atoms with E-state index in [1.54, 1.807) is 13.8 Å². The highest BCUT2D eigenvalue weighted by Crippen LogP contribution is 2.43. The number of hydrogen-bond donors (Lipinski definition) is 1. The van der Waals surface area contributed by atoms with Crippen LogP contribution in [0.2, 0.25) is 0 Å². The summed E-state index contributed by atoms with van der Waals surface area (Å²) in [6, 6.07) is 3.85. The number of aromatic amines is 1. The van der Waals surface area contributed by atoms with Crippen molar-refractivity contribution < 1.29 is 31.1 Å². The van der Waals surface area contributed by atoms with Crippen LogP contribution in [0.25, 0.3) is 0 Å². The van der Waals surface area contributed by atoms with E-state index >= 15 is 0 Å². The molecular formula is C21H18F6N6O2. The fourth-order valence-electron chi connectivity index (χ4n) is 3.74. The van der Waals surface area contributed by atoms with Crippen molar-refractivity contribution in [2.75, 3.05) is 6.54 Å². The average Bonchev–Trinajstić information content (AvgIpc) is 3.23. The number of amides is 1. The summed E-state index contributed by atoms with van der Waals surface area (Å²) >= 11 is 0. The first kappa shape index (κ1) is 24.4. The molecule has 0 atom stereocenters. The summed E-state index contributed by atoms with van der Waals surface area (Å²) in [7, 11) is 0. The quantitative estimate of drug-likeness (QED) is 0.556. The summed E-state index contributed by atoms with van der Waals surface area (Å²) in [5.74, 6) is -8.66. The van der Waals surface area contributed by atoms with E-state index in [2.05, 4.69) is 20.4 Å². The molecule has 3 heterocycles. The van der Waals surface area contributed by atoms with Crippen LogP contribution >= 0.6 is 0 Å². The lowest BCUT2D eigenvalue weighted by molar-refractivity contribution is -0.293. The van der Waals surface area contributed by atoms with Crippen LogP contribution < -0.4 is 5.56 Å². The van der Waals surface area contributed by atoms with Crippen LogP contribution in [0.15, 0.2) is 23.0 Å². The van der Waals surface area contributed by atoms with Gasteiger partial charge in [-0.3, -0.25) is 9.59 Å². The normalized spacial score (nSPS) is 14.2. The van der Waals surface area contributed by atoms with Crippen LogP contribution in [0.1, 0.15) is 44.4 Å². The summed E-state index contributed by atoms with van der Waals surface area (Å²) < 4.78 is 80.9. The number of H-pyrrole nitrogens is 1. The Labute approximate surface area is 193 Å². The van der Waals surface area contributed by atoms with Crippen molar-refractivity contribution in [1.29, 1.82) is 0 Å². The molecule has 186 valence electrons. The molecule has 0 spiro atoms. The highest BCUT2D eigenvalue weighted by atomic mass is 19.4. The van der Waals surface area contributed by atoms with Crippen LogP contribution in [0, 0.1) is 19.7 Å². The van der Waals surface area contributed by atoms with Gasteiger partial charge in [0.15, 0.2) is 5.82 Å². The summed E-state index contributed by atoms with van der Waals surface area (Å²) in [6.07, 6.45) is -5.67. The molecule has 4 rings (SSSR count). The molecule has 8 nitrogen and oxygen atoms in total. The molecule has 35 heavy (non-hydrogen) atoms. The molecule has 0 unspecified atom stereocenters. The molecule has 0 saturated heterocycles. The summed E-state index contributed by atoms with van der Waals surface area (Å²) in [5, 5.41) is 12.8. The Morgan fingerprint density at radius 3 is 2.49 bits per heavy atom. The molecular weight excluding hydrogens is 482 g/mol. The number of nitrogens with one attached hydrogen (secondary N) is 1. The maximum Gasteiger partial charge on any atom is 0.461 e. The average molecular weight is 500 g/mol. The number of benzene rings is 1. The monoisotopic (exact) mass is 500 g/mol. The molecule has 3 aromatic rings. The first-order chi connectivity index (χ1) is 16.3. The third-order valence-electron chi connectivity index (χ3n) is 5.94. The molecule has 14 heteroatoms. The molecule has 0 fully saturated rings. The predicted octanol–water partition coefficient (Wildman–Crippen LogP) is 3.02. The largest absolute Gasteiger partial charge is 0.461 e. The zero-order chi connectivity index (χ0) is 25.7. The van der Waals surface area contributed by atoms with Gasteiger partial charge in [0.25, 0.3) is 11.5 Å². The zero-order valence-corrected chi connectivity index (χ0v) is 18.4. The Bertz CT molecular complexity index is 1360. The number of fused-ring (bicyclic) bond motifs is 1. The molecule has 0 saturated carbocycles. The van der Waals surface area contributed by atoms with E-state index in [9.17, 15) is 35.9 Å². The third kappa shape index (κ3) is 4.28. The number of hydrogen-bond acceptors (Lipinski definition) is 5. The van der Waals surface area contributed by atoms with Crippen molar-refractivity contribution in [3.05, 3.63) is 74.0 Å². The van der Waals surface area contributed by atoms with E-state index in [0.717, 1.165) is 11.0 Å². The van der Waals surface area contributed by atoms with Crippen molar-refractivity contribution in [2.24, 2.45) is 0 Å². The van der Waals surface area contributed by atoms with Gasteiger partial charge < -0.3 is 9.47 Å². The van der Waals surface area contributed by atoms with E-state index in [-0.39, 0.29) is 29.9 Å². The number of alkyl halides is 5. The Morgan fingerprint density at radius 1 is 1.09 bits per heavy atom. The summed E-state index contributed by atoms with van der Waals surface area (Å²) in [6.45, 7) is 2.24. The van der Waals surface area contributed by atoms with Gasteiger partial charge in [0.2, 0.25) is 5.82 Å². The SMILES string of the molecule is Cc1c(Cc2ccc(F)c(C(=O)N3CCn4c(nnc4C(F)(F)C(F)(F)F)C3)c2)n[nH]c(=O)c1C. The van der Waals surface area contributed by atoms with E-state index < -0.39 is 42.7 Å².